The Morgan fingerprint density at radius 1 is 1.15 bits per heavy atom. The molecule has 0 radical (unpaired) electrons. The fourth-order valence-corrected chi connectivity index (χ4v) is 5.57. The number of nitrogens with one attached hydrogen (secondary N) is 1. The van der Waals surface area contributed by atoms with Crippen molar-refractivity contribution >= 4 is 21.2 Å². The molecule has 27 heavy (non-hydrogen) atoms. The molecule has 2 aliphatic heterocycles. The van der Waals surface area contributed by atoms with Crippen LogP contribution in [0.1, 0.15) is 51.1 Å². The molecule has 0 saturated carbocycles. The summed E-state index contributed by atoms with van der Waals surface area (Å²) >= 11 is 0. The van der Waals surface area contributed by atoms with Crippen molar-refractivity contribution in [1.29, 1.82) is 0 Å². The molecule has 0 aromatic carbocycles. The van der Waals surface area contributed by atoms with Crippen LogP contribution in [0.3, 0.4) is 0 Å². The van der Waals surface area contributed by atoms with Crippen molar-refractivity contribution in [3.05, 3.63) is 18.1 Å². The number of likely N-dealkylation sites (tertiary alicyclic amines) is 1. The van der Waals surface area contributed by atoms with Gasteiger partial charge in [0.15, 0.2) is 0 Å². The van der Waals surface area contributed by atoms with E-state index in [4.69, 9.17) is 0 Å². The summed E-state index contributed by atoms with van der Waals surface area (Å²) in [6.07, 6.45) is 5.30. The van der Waals surface area contributed by atoms with Gasteiger partial charge in [0.05, 0.1) is 22.9 Å². The minimum atomic E-state index is -2.79. The van der Waals surface area contributed by atoms with Crippen LogP contribution >= 0.6 is 0 Å². The SMILES string of the molecule is CC(C)c1cc(NC2CCN(C3CCS(=O)(=O)CC3)CC2)c2nncn2n1. The number of hydrogen-bond donors (Lipinski definition) is 1. The molecular formula is C18H28N6O2S. The van der Waals surface area contributed by atoms with Gasteiger partial charge in [-0.2, -0.15) is 9.61 Å². The van der Waals surface area contributed by atoms with Crippen LogP contribution in [-0.2, 0) is 9.84 Å². The van der Waals surface area contributed by atoms with Crippen molar-refractivity contribution in [1.82, 2.24) is 24.7 Å². The first kappa shape index (κ1) is 18.6. The Balaban J connectivity index is 1.40. The van der Waals surface area contributed by atoms with Gasteiger partial charge in [-0.3, -0.25) is 0 Å². The molecule has 148 valence electrons. The van der Waals surface area contributed by atoms with Gasteiger partial charge in [-0.1, -0.05) is 13.8 Å². The lowest BCUT2D eigenvalue weighted by molar-refractivity contribution is 0.147. The van der Waals surface area contributed by atoms with E-state index in [0.717, 1.165) is 55.8 Å². The minimum absolute atomic E-state index is 0.335. The Bertz CT molecular complexity index is 888. The molecule has 2 fully saturated rings. The zero-order chi connectivity index (χ0) is 19.0. The molecule has 2 aromatic heterocycles. The Kier molecular flexibility index (Phi) is 5.07. The molecule has 4 rings (SSSR count). The molecule has 2 aliphatic rings. The normalized spacial score (nSPS) is 22.5. The van der Waals surface area contributed by atoms with Crippen LogP contribution in [0, 0.1) is 0 Å². The molecule has 0 bridgehead atoms. The molecule has 0 atom stereocenters. The van der Waals surface area contributed by atoms with Gasteiger partial charge in [-0.25, -0.2) is 8.42 Å². The topological polar surface area (TPSA) is 92.5 Å². The number of hydrogen-bond acceptors (Lipinski definition) is 7. The molecule has 2 aromatic rings. The summed E-state index contributed by atoms with van der Waals surface area (Å²) in [5.41, 5.74) is 2.78. The van der Waals surface area contributed by atoms with Gasteiger partial charge in [0, 0.05) is 25.2 Å². The van der Waals surface area contributed by atoms with E-state index in [9.17, 15) is 8.42 Å². The average molecular weight is 393 g/mol. The highest BCUT2D eigenvalue weighted by molar-refractivity contribution is 7.91. The van der Waals surface area contributed by atoms with Crippen LogP contribution in [0.25, 0.3) is 5.65 Å². The zero-order valence-corrected chi connectivity index (χ0v) is 16.8. The molecule has 0 unspecified atom stereocenters. The van der Waals surface area contributed by atoms with E-state index in [1.165, 1.54) is 0 Å². The van der Waals surface area contributed by atoms with Crippen LogP contribution in [-0.4, -0.2) is 69.8 Å². The highest BCUT2D eigenvalue weighted by Gasteiger charge is 2.30. The number of rotatable bonds is 4. The number of sulfone groups is 1. The summed E-state index contributed by atoms with van der Waals surface area (Å²) in [6, 6.07) is 2.90. The van der Waals surface area contributed by atoms with E-state index < -0.39 is 9.84 Å². The Morgan fingerprint density at radius 2 is 1.85 bits per heavy atom. The summed E-state index contributed by atoms with van der Waals surface area (Å²) < 4.78 is 25.0. The second kappa shape index (κ2) is 7.35. The maximum atomic E-state index is 11.6. The number of aromatic nitrogens is 4. The largest absolute Gasteiger partial charge is 0.379 e. The average Bonchev–Trinajstić information content (AvgIpc) is 3.11. The molecular weight excluding hydrogens is 364 g/mol. The monoisotopic (exact) mass is 392 g/mol. The third-order valence-corrected chi connectivity index (χ3v) is 7.52. The second-order valence-corrected chi connectivity index (χ2v) is 10.4. The van der Waals surface area contributed by atoms with Crippen molar-refractivity contribution in [3.63, 3.8) is 0 Å². The number of piperidine rings is 1. The quantitative estimate of drug-likeness (QED) is 0.846. The number of anilines is 1. The van der Waals surface area contributed by atoms with Crippen molar-refractivity contribution in [2.24, 2.45) is 0 Å². The van der Waals surface area contributed by atoms with Crippen LogP contribution in [0.5, 0.6) is 0 Å². The van der Waals surface area contributed by atoms with E-state index in [2.05, 4.69) is 45.4 Å². The van der Waals surface area contributed by atoms with E-state index >= 15 is 0 Å². The molecule has 9 heteroatoms. The van der Waals surface area contributed by atoms with Gasteiger partial charge in [0.1, 0.15) is 16.2 Å². The van der Waals surface area contributed by atoms with Gasteiger partial charge in [0.2, 0.25) is 5.65 Å². The highest BCUT2D eigenvalue weighted by atomic mass is 32.2. The van der Waals surface area contributed by atoms with Gasteiger partial charge >= 0.3 is 0 Å². The number of nitrogens with zero attached hydrogens (tertiary/aromatic N) is 5. The summed E-state index contributed by atoms with van der Waals surface area (Å²) in [6.45, 7) is 6.28. The predicted molar refractivity (Wildman–Crippen MR) is 105 cm³/mol. The van der Waals surface area contributed by atoms with E-state index in [1.54, 1.807) is 10.8 Å². The molecule has 2 saturated heterocycles. The number of fused-ring (bicyclic) bond motifs is 1. The van der Waals surface area contributed by atoms with Gasteiger partial charge in [-0.15, -0.1) is 10.2 Å². The smallest absolute Gasteiger partial charge is 0.200 e. The lowest BCUT2D eigenvalue weighted by atomic mass is 10.0. The molecule has 1 N–H and O–H groups in total. The fourth-order valence-electron chi connectivity index (χ4n) is 4.11. The second-order valence-electron chi connectivity index (χ2n) is 8.07. The van der Waals surface area contributed by atoms with Crippen molar-refractivity contribution in [3.8, 4) is 0 Å². The van der Waals surface area contributed by atoms with E-state index in [0.29, 0.717) is 29.5 Å². The minimum Gasteiger partial charge on any atom is -0.379 e. The fraction of sp³-hybridized carbons (Fsp3) is 0.722. The lowest BCUT2D eigenvalue weighted by Gasteiger charge is -2.39. The first-order valence-electron chi connectivity index (χ1n) is 9.83. The Morgan fingerprint density at radius 3 is 2.52 bits per heavy atom. The summed E-state index contributed by atoms with van der Waals surface area (Å²) in [4.78, 5) is 2.48. The van der Waals surface area contributed by atoms with Crippen LogP contribution < -0.4 is 5.32 Å². The van der Waals surface area contributed by atoms with Gasteiger partial charge in [0.25, 0.3) is 0 Å². The van der Waals surface area contributed by atoms with Crippen LogP contribution in [0.15, 0.2) is 12.4 Å². The van der Waals surface area contributed by atoms with E-state index in [-0.39, 0.29) is 0 Å². The van der Waals surface area contributed by atoms with E-state index in [1.807, 2.05) is 0 Å². The molecule has 4 heterocycles. The molecule has 8 nitrogen and oxygen atoms in total. The molecule has 0 spiro atoms. The zero-order valence-electron chi connectivity index (χ0n) is 16.0. The third kappa shape index (κ3) is 4.08. The summed E-state index contributed by atoms with van der Waals surface area (Å²) in [5, 5.41) is 16.4. The van der Waals surface area contributed by atoms with Crippen LogP contribution in [0.4, 0.5) is 5.69 Å². The summed E-state index contributed by atoms with van der Waals surface area (Å²) in [7, 11) is -2.79. The third-order valence-electron chi connectivity index (χ3n) is 5.81. The maximum absolute atomic E-state index is 11.6. The molecule has 0 amide bonds. The Hall–Kier alpha value is -1.74. The first-order valence-corrected chi connectivity index (χ1v) is 11.7. The summed E-state index contributed by atoms with van der Waals surface area (Å²) in [5.74, 6) is 1.02. The highest BCUT2D eigenvalue weighted by Crippen LogP contribution is 2.26. The van der Waals surface area contributed by atoms with Gasteiger partial charge in [-0.05, 0) is 37.7 Å². The lowest BCUT2D eigenvalue weighted by Crippen LogP contribution is -2.47. The predicted octanol–water partition coefficient (Wildman–Crippen LogP) is 1.70. The van der Waals surface area contributed by atoms with Gasteiger partial charge < -0.3 is 10.2 Å². The van der Waals surface area contributed by atoms with Crippen LogP contribution in [0.2, 0.25) is 0 Å². The maximum Gasteiger partial charge on any atom is 0.200 e. The molecule has 0 aliphatic carbocycles. The first-order chi connectivity index (χ1) is 12.9. The standard InChI is InChI=1S/C18H28N6O2S/c1-13(2)16-11-17(18-21-19-12-24(18)22-16)20-14-3-7-23(8-4-14)15-5-9-27(25,26)10-6-15/h11-15,20H,3-10H2,1-2H3. The Labute approximate surface area is 160 Å². The van der Waals surface area contributed by atoms with Crippen molar-refractivity contribution in [2.75, 3.05) is 29.9 Å². The van der Waals surface area contributed by atoms with Crippen molar-refractivity contribution < 1.29 is 8.42 Å². The van der Waals surface area contributed by atoms with Crippen molar-refractivity contribution in [2.45, 2.75) is 57.5 Å².